The smallest absolute Gasteiger partial charge is 0.348 e. The molecule has 1 rings (SSSR count). The predicted molar refractivity (Wildman–Crippen MR) is 50.1 cm³/mol. The monoisotopic (exact) mass is 232 g/mol. The lowest BCUT2D eigenvalue weighted by Gasteiger charge is -2.03. The van der Waals surface area contributed by atoms with Gasteiger partial charge in [-0.15, -0.1) is 0 Å². The molecule has 6 nitrogen and oxygen atoms in total. The van der Waals surface area contributed by atoms with Gasteiger partial charge in [-0.3, -0.25) is 9.59 Å². The van der Waals surface area contributed by atoms with Gasteiger partial charge >= 0.3 is 11.9 Å². The van der Waals surface area contributed by atoms with Gasteiger partial charge in [-0.25, -0.2) is 4.79 Å². The van der Waals surface area contributed by atoms with E-state index in [1.165, 1.54) is 0 Å². The first kappa shape index (κ1) is 11.6. The molecule has 7 heteroatoms. The molecule has 82 valence electrons. The van der Waals surface area contributed by atoms with Gasteiger partial charge in [-0.2, -0.15) is 0 Å². The molecular weight excluding hydrogens is 224 g/mol. The minimum Gasteiger partial charge on any atom is -0.503 e. The zero-order valence-electron chi connectivity index (χ0n) is 7.97. The molecule has 1 aliphatic heterocycles. The number of aliphatic hydroxyl groups excluding tert-OH is 1. The van der Waals surface area contributed by atoms with E-state index >= 15 is 0 Å². The van der Waals surface area contributed by atoms with Crippen molar-refractivity contribution >= 4 is 29.5 Å². The number of rotatable bonds is 2. The molecule has 1 heterocycles. The van der Waals surface area contributed by atoms with E-state index in [4.69, 9.17) is 0 Å². The molecule has 0 saturated heterocycles. The molecule has 1 unspecified atom stereocenters. The largest absolute Gasteiger partial charge is 0.503 e. The number of carbonyl (C=O) groups is 3. The van der Waals surface area contributed by atoms with Crippen molar-refractivity contribution in [2.45, 2.75) is 5.25 Å². The maximum Gasteiger partial charge on any atom is 0.348 e. The summed E-state index contributed by atoms with van der Waals surface area (Å²) in [6.07, 6.45) is 0. The Labute approximate surface area is 89.2 Å². The van der Waals surface area contributed by atoms with Crippen molar-refractivity contribution < 1.29 is 29.0 Å². The van der Waals surface area contributed by atoms with Crippen LogP contribution in [0.2, 0.25) is 0 Å². The molecule has 1 N–H and O–H groups in total. The normalized spacial score (nSPS) is 20.4. The Morgan fingerprint density at radius 2 is 1.93 bits per heavy atom. The van der Waals surface area contributed by atoms with Crippen molar-refractivity contribution in [1.82, 2.24) is 0 Å². The Kier molecular flexibility index (Phi) is 3.35. The number of esters is 2. The number of hydrogen-bond acceptors (Lipinski definition) is 7. The lowest BCUT2D eigenvalue weighted by Crippen LogP contribution is -2.25. The maximum absolute atomic E-state index is 11.3. The number of allylic oxidation sites excluding steroid dienone is 1. The Bertz CT molecular complexity index is 358. The summed E-state index contributed by atoms with van der Waals surface area (Å²) in [5.41, 5.74) is 0. The average molecular weight is 232 g/mol. The number of thioether (sulfide) groups is 1. The fourth-order valence-corrected chi connectivity index (χ4v) is 2.00. The van der Waals surface area contributed by atoms with Gasteiger partial charge < -0.3 is 14.6 Å². The predicted octanol–water partition coefficient (Wildman–Crippen LogP) is -0.214. The second kappa shape index (κ2) is 4.35. The summed E-state index contributed by atoms with van der Waals surface area (Å²) in [6, 6.07) is 0. The number of aliphatic hydroxyl groups is 1. The highest BCUT2D eigenvalue weighted by atomic mass is 32.2. The van der Waals surface area contributed by atoms with Crippen LogP contribution < -0.4 is 0 Å². The van der Waals surface area contributed by atoms with Gasteiger partial charge in [0, 0.05) is 0 Å². The summed E-state index contributed by atoms with van der Waals surface area (Å²) in [7, 11) is 2.22. The Morgan fingerprint density at radius 1 is 1.33 bits per heavy atom. The highest BCUT2D eigenvalue weighted by molar-refractivity contribution is 8.06. The van der Waals surface area contributed by atoms with E-state index in [1.54, 1.807) is 0 Å². The molecule has 0 radical (unpaired) electrons. The van der Waals surface area contributed by atoms with Crippen LogP contribution in [0.5, 0.6) is 0 Å². The summed E-state index contributed by atoms with van der Waals surface area (Å²) in [5, 5.41) is 8.06. The third-order valence-corrected chi connectivity index (χ3v) is 2.95. The molecule has 15 heavy (non-hydrogen) atoms. The molecule has 0 amide bonds. The summed E-state index contributed by atoms with van der Waals surface area (Å²) in [4.78, 5) is 33.2. The number of ether oxygens (including phenoxy) is 2. The quantitative estimate of drug-likeness (QED) is 0.520. The summed E-state index contributed by atoms with van der Waals surface area (Å²) >= 11 is 0.623. The highest BCUT2D eigenvalue weighted by Gasteiger charge is 2.42. The SMILES string of the molecule is COC(=O)C1=C(O)C(=O)C(C(=O)OC)S1. The van der Waals surface area contributed by atoms with Crippen molar-refractivity contribution in [3.8, 4) is 0 Å². The van der Waals surface area contributed by atoms with E-state index in [1.807, 2.05) is 0 Å². The van der Waals surface area contributed by atoms with Crippen LogP contribution >= 0.6 is 11.8 Å². The first-order chi connectivity index (χ1) is 7.02. The lowest BCUT2D eigenvalue weighted by atomic mass is 10.2. The molecule has 0 aromatic carbocycles. The van der Waals surface area contributed by atoms with Gasteiger partial charge in [0.2, 0.25) is 5.78 Å². The summed E-state index contributed by atoms with van der Waals surface area (Å²) in [6.45, 7) is 0. The van der Waals surface area contributed by atoms with Crippen LogP contribution in [0.25, 0.3) is 0 Å². The van der Waals surface area contributed by atoms with E-state index in [-0.39, 0.29) is 4.91 Å². The van der Waals surface area contributed by atoms with Gasteiger partial charge in [0.05, 0.1) is 14.2 Å². The maximum atomic E-state index is 11.3. The van der Waals surface area contributed by atoms with E-state index in [9.17, 15) is 19.5 Å². The first-order valence-electron chi connectivity index (χ1n) is 3.83. The fraction of sp³-hybridized carbons (Fsp3) is 0.375. The lowest BCUT2D eigenvalue weighted by molar-refractivity contribution is -0.142. The minimum absolute atomic E-state index is 0.266. The summed E-state index contributed by atoms with van der Waals surface area (Å²) in [5.74, 6) is -3.25. The number of Topliss-reactive ketones (excluding diaryl/α,β-unsaturated/α-hetero) is 1. The zero-order valence-corrected chi connectivity index (χ0v) is 8.79. The number of hydrogen-bond donors (Lipinski definition) is 1. The van der Waals surface area contributed by atoms with Crippen molar-refractivity contribution in [3.05, 3.63) is 10.7 Å². The fourth-order valence-electron chi connectivity index (χ4n) is 0.963. The Hall–Kier alpha value is -1.50. The van der Waals surface area contributed by atoms with Gasteiger partial charge in [-0.1, -0.05) is 11.8 Å². The summed E-state index contributed by atoms with van der Waals surface area (Å²) < 4.78 is 8.68. The molecule has 1 atom stereocenters. The molecule has 0 fully saturated rings. The van der Waals surface area contributed by atoms with Crippen LogP contribution in [-0.4, -0.2) is 42.3 Å². The van der Waals surface area contributed by atoms with Gasteiger partial charge in [0.25, 0.3) is 0 Å². The van der Waals surface area contributed by atoms with Crippen molar-refractivity contribution in [2.75, 3.05) is 14.2 Å². The Balaban J connectivity index is 2.92. The first-order valence-corrected chi connectivity index (χ1v) is 4.71. The van der Waals surface area contributed by atoms with Gasteiger partial charge in [0.1, 0.15) is 4.91 Å². The molecule has 0 aliphatic carbocycles. The molecule has 0 aromatic rings. The Morgan fingerprint density at radius 3 is 2.40 bits per heavy atom. The molecule has 0 saturated carbocycles. The van der Waals surface area contributed by atoms with E-state index < -0.39 is 28.7 Å². The topological polar surface area (TPSA) is 89.9 Å². The number of methoxy groups -OCH3 is 2. The molecule has 0 bridgehead atoms. The molecule has 1 aliphatic rings. The van der Waals surface area contributed by atoms with Crippen molar-refractivity contribution in [2.24, 2.45) is 0 Å². The molecule has 0 aromatic heterocycles. The van der Waals surface area contributed by atoms with Crippen molar-refractivity contribution in [3.63, 3.8) is 0 Å². The third-order valence-electron chi connectivity index (χ3n) is 1.71. The van der Waals surface area contributed by atoms with Gasteiger partial charge in [-0.05, 0) is 0 Å². The minimum atomic E-state index is -1.22. The number of carbonyl (C=O) groups excluding carboxylic acids is 3. The second-order valence-electron chi connectivity index (χ2n) is 2.55. The van der Waals surface area contributed by atoms with Crippen LogP contribution in [0.15, 0.2) is 10.7 Å². The molecule has 0 spiro atoms. The van der Waals surface area contributed by atoms with Crippen LogP contribution in [0, 0.1) is 0 Å². The molecular formula is C8H8O6S. The van der Waals surface area contributed by atoms with E-state index in [2.05, 4.69) is 9.47 Å². The second-order valence-corrected chi connectivity index (χ2v) is 3.67. The highest BCUT2D eigenvalue weighted by Crippen LogP contribution is 2.35. The van der Waals surface area contributed by atoms with Crippen LogP contribution in [-0.2, 0) is 23.9 Å². The third kappa shape index (κ3) is 1.96. The van der Waals surface area contributed by atoms with E-state index in [0.29, 0.717) is 11.8 Å². The zero-order chi connectivity index (χ0) is 11.6. The van der Waals surface area contributed by atoms with Crippen LogP contribution in [0.4, 0.5) is 0 Å². The average Bonchev–Trinajstić information content (AvgIpc) is 2.54. The number of ketones is 1. The van der Waals surface area contributed by atoms with Crippen LogP contribution in [0.3, 0.4) is 0 Å². The van der Waals surface area contributed by atoms with E-state index in [0.717, 1.165) is 14.2 Å². The van der Waals surface area contributed by atoms with Gasteiger partial charge in [0.15, 0.2) is 11.0 Å². The van der Waals surface area contributed by atoms with Crippen LogP contribution in [0.1, 0.15) is 0 Å². The van der Waals surface area contributed by atoms with Crippen molar-refractivity contribution in [1.29, 1.82) is 0 Å². The standard InChI is InChI=1S/C8H8O6S/c1-13-7(11)5-3(9)4(10)6(15-5)8(12)14-2/h5,10H,1-2H3.